The van der Waals surface area contributed by atoms with E-state index >= 15 is 0 Å². The molecule has 0 fully saturated rings. The summed E-state index contributed by atoms with van der Waals surface area (Å²) in [5.74, 6) is 0. The Labute approximate surface area is 93.2 Å². The minimum Gasteiger partial charge on any atom is -0.407 e. The number of hydrogen-bond acceptors (Lipinski definition) is 2. The molecule has 0 heterocycles. The van der Waals surface area contributed by atoms with Crippen LogP contribution in [-0.2, 0) is 4.43 Å². The van der Waals surface area contributed by atoms with Gasteiger partial charge in [-0.2, -0.15) is 0 Å². The highest BCUT2D eigenvalue weighted by Gasteiger charge is 2.47. The Bertz CT molecular complexity index is 305. The van der Waals surface area contributed by atoms with Crippen LogP contribution in [0.15, 0.2) is 30.3 Å². The van der Waals surface area contributed by atoms with E-state index < -0.39 is 8.56 Å². The molecule has 1 aromatic carbocycles. The highest BCUT2D eigenvalue weighted by Crippen LogP contribution is 2.34. The molecule has 0 saturated heterocycles. The first-order valence-corrected chi connectivity index (χ1v) is 7.19. The normalized spacial score (nSPS) is 16.1. The molecule has 1 rings (SSSR count). The second-order valence-electron chi connectivity index (χ2n) is 4.69. The van der Waals surface area contributed by atoms with Crippen molar-refractivity contribution < 1.29 is 9.22 Å². The van der Waals surface area contributed by atoms with Gasteiger partial charge < -0.3 is 9.22 Å². The van der Waals surface area contributed by atoms with E-state index in [0.29, 0.717) is 6.61 Å². The molecule has 0 spiro atoms. The molecule has 84 valence electrons. The lowest BCUT2D eigenvalue weighted by Crippen LogP contribution is -2.58. The van der Waals surface area contributed by atoms with Crippen LogP contribution in [0, 0.1) is 0 Å². The van der Waals surface area contributed by atoms with E-state index in [1.54, 1.807) is 0 Å². The maximum absolute atomic E-state index is 10.7. The Morgan fingerprint density at radius 3 is 2.13 bits per heavy atom. The van der Waals surface area contributed by atoms with Crippen LogP contribution in [0.3, 0.4) is 0 Å². The lowest BCUT2D eigenvalue weighted by molar-refractivity contribution is 0.231. The van der Waals surface area contributed by atoms with Crippen molar-refractivity contribution in [3.8, 4) is 0 Å². The minimum atomic E-state index is -2.83. The van der Waals surface area contributed by atoms with Gasteiger partial charge in [0, 0.05) is 11.6 Å². The molecule has 0 aromatic heterocycles. The van der Waals surface area contributed by atoms with Crippen molar-refractivity contribution in [2.45, 2.75) is 32.7 Å². The molecule has 0 unspecified atom stereocenters. The Morgan fingerprint density at radius 1 is 1.20 bits per heavy atom. The van der Waals surface area contributed by atoms with Gasteiger partial charge in [0.15, 0.2) is 0 Å². The monoisotopic (exact) mass is 224 g/mol. The van der Waals surface area contributed by atoms with Crippen molar-refractivity contribution in [1.29, 1.82) is 0 Å². The predicted molar refractivity (Wildman–Crippen MR) is 65.4 cm³/mol. The molecular formula is C12H20O2Si. The number of benzene rings is 1. The molecule has 0 amide bonds. The van der Waals surface area contributed by atoms with Crippen LogP contribution in [-0.4, -0.2) is 20.0 Å². The van der Waals surface area contributed by atoms with Gasteiger partial charge in [-0.15, -0.1) is 0 Å². The van der Waals surface area contributed by atoms with Gasteiger partial charge in [0.2, 0.25) is 0 Å². The van der Waals surface area contributed by atoms with Crippen LogP contribution in [0.4, 0.5) is 0 Å². The van der Waals surface area contributed by atoms with Gasteiger partial charge in [-0.05, 0) is 12.1 Å². The molecule has 2 nitrogen and oxygen atoms in total. The first-order valence-electron chi connectivity index (χ1n) is 5.33. The molecule has 0 saturated carbocycles. The summed E-state index contributed by atoms with van der Waals surface area (Å²) in [6.45, 7) is 8.56. The van der Waals surface area contributed by atoms with Gasteiger partial charge in [0.1, 0.15) is 0 Å². The molecule has 0 radical (unpaired) electrons. The summed E-state index contributed by atoms with van der Waals surface area (Å²) in [7, 11) is -2.83. The molecule has 1 atom stereocenters. The van der Waals surface area contributed by atoms with Crippen molar-refractivity contribution >= 4 is 13.7 Å². The quantitative estimate of drug-likeness (QED) is 0.797. The second kappa shape index (κ2) is 4.47. The Morgan fingerprint density at radius 2 is 1.73 bits per heavy atom. The largest absolute Gasteiger partial charge is 0.407 e. The van der Waals surface area contributed by atoms with Crippen molar-refractivity contribution in [2.24, 2.45) is 0 Å². The summed E-state index contributed by atoms with van der Waals surface area (Å²) >= 11 is 0. The third kappa shape index (κ3) is 2.48. The zero-order valence-electron chi connectivity index (χ0n) is 9.95. The predicted octanol–water partition coefficient (Wildman–Crippen LogP) is 2.16. The van der Waals surface area contributed by atoms with Gasteiger partial charge in [-0.25, -0.2) is 0 Å². The first kappa shape index (κ1) is 12.4. The van der Waals surface area contributed by atoms with Crippen molar-refractivity contribution in [3.63, 3.8) is 0 Å². The molecule has 15 heavy (non-hydrogen) atoms. The van der Waals surface area contributed by atoms with Gasteiger partial charge in [-0.3, -0.25) is 0 Å². The number of rotatable bonds is 3. The van der Waals surface area contributed by atoms with Crippen molar-refractivity contribution in [1.82, 2.24) is 0 Å². The molecule has 1 aromatic rings. The first-order chi connectivity index (χ1) is 6.92. The van der Waals surface area contributed by atoms with Gasteiger partial charge in [-0.1, -0.05) is 51.1 Å². The molecule has 1 N–H and O–H groups in total. The Hall–Kier alpha value is -0.643. The van der Waals surface area contributed by atoms with E-state index in [2.05, 4.69) is 0 Å². The number of hydrogen-bond donors (Lipinski definition) is 1. The second-order valence-corrected chi connectivity index (χ2v) is 8.35. The molecule has 0 aliphatic heterocycles. The summed E-state index contributed by atoms with van der Waals surface area (Å²) in [6.07, 6.45) is 0. The molecule has 0 aliphatic rings. The standard InChI is InChI=1S/C12H20O2Si/c1-5-14-15(13,12(2,3)4)11-9-7-6-8-10-11/h6-10,13H,5H2,1-4H3/t15-/m1/s1. The molecular weight excluding hydrogens is 204 g/mol. The maximum Gasteiger partial charge on any atom is 0.375 e. The van der Waals surface area contributed by atoms with Gasteiger partial charge in [0.05, 0.1) is 0 Å². The van der Waals surface area contributed by atoms with Crippen LogP contribution >= 0.6 is 0 Å². The van der Waals surface area contributed by atoms with E-state index in [0.717, 1.165) is 5.19 Å². The topological polar surface area (TPSA) is 29.5 Å². The molecule has 0 bridgehead atoms. The van der Waals surface area contributed by atoms with Gasteiger partial charge in [0.25, 0.3) is 0 Å². The lowest BCUT2D eigenvalue weighted by Gasteiger charge is -2.36. The van der Waals surface area contributed by atoms with Crippen LogP contribution in [0.5, 0.6) is 0 Å². The summed E-state index contributed by atoms with van der Waals surface area (Å²) in [6, 6.07) is 9.74. The Balaban J connectivity index is 3.13. The average molecular weight is 224 g/mol. The molecule has 3 heteroatoms. The SMILES string of the molecule is CCO[Si@](O)(c1ccccc1)C(C)(C)C. The van der Waals surface area contributed by atoms with E-state index in [4.69, 9.17) is 4.43 Å². The summed E-state index contributed by atoms with van der Waals surface area (Å²) < 4.78 is 5.67. The smallest absolute Gasteiger partial charge is 0.375 e. The van der Waals surface area contributed by atoms with Crippen LogP contribution in [0.2, 0.25) is 5.04 Å². The van der Waals surface area contributed by atoms with E-state index in [1.165, 1.54) is 0 Å². The molecule has 0 aliphatic carbocycles. The average Bonchev–Trinajstić information content (AvgIpc) is 2.18. The maximum atomic E-state index is 10.7. The van der Waals surface area contributed by atoms with E-state index in [-0.39, 0.29) is 5.04 Å². The van der Waals surface area contributed by atoms with Crippen LogP contribution in [0.25, 0.3) is 0 Å². The lowest BCUT2D eigenvalue weighted by atomic mass is 10.2. The van der Waals surface area contributed by atoms with Crippen LogP contribution < -0.4 is 5.19 Å². The highest BCUT2D eigenvalue weighted by atomic mass is 28.4. The summed E-state index contributed by atoms with van der Waals surface area (Å²) in [5, 5.41) is 0.726. The van der Waals surface area contributed by atoms with Crippen molar-refractivity contribution in [3.05, 3.63) is 30.3 Å². The minimum absolute atomic E-state index is 0.218. The zero-order chi connectivity index (χ0) is 11.5. The van der Waals surface area contributed by atoms with Crippen LogP contribution in [0.1, 0.15) is 27.7 Å². The fourth-order valence-electron chi connectivity index (χ4n) is 1.61. The Kier molecular flexibility index (Phi) is 3.70. The third-order valence-corrected chi connectivity index (χ3v) is 6.39. The van der Waals surface area contributed by atoms with Gasteiger partial charge >= 0.3 is 8.56 Å². The fraction of sp³-hybridized carbons (Fsp3) is 0.500. The third-order valence-electron chi connectivity index (χ3n) is 2.53. The fourth-order valence-corrected chi connectivity index (χ4v) is 4.13. The summed E-state index contributed by atoms with van der Waals surface area (Å²) in [4.78, 5) is 10.7. The zero-order valence-corrected chi connectivity index (χ0v) is 10.9. The van der Waals surface area contributed by atoms with E-state index in [9.17, 15) is 4.80 Å². The van der Waals surface area contributed by atoms with Crippen molar-refractivity contribution in [2.75, 3.05) is 6.61 Å². The summed E-state index contributed by atoms with van der Waals surface area (Å²) in [5.41, 5.74) is 0. The van der Waals surface area contributed by atoms with E-state index in [1.807, 2.05) is 58.0 Å². The highest BCUT2D eigenvalue weighted by molar-refractivity contribution is 6.82.